The van der Waals surface area contributed by atoms with Gasteiger partial charge in [0, 0.05) is 12.6 Å². The summed E-state index contributed by atoms with van der Waals surface area (Å²) in [6, 6.07) is 21.7. The van der Waals surface area contributed by atoms with Gasteiger partial charge in [-0.25, -0.2) is 0 Å². The van der Waals surface area contributed by atoms with Gasteiger partial charge in [0.1, 0.15) is 4.32 Å². The summed E-state index contributed by atoms with van der Waals surface area (Å²) in [5, 5.41) is 0. The van der Waals surface area contributed by atoms with Gasteiger partial charge in [0.25, 0.3) is 0 Å². The second-order valence-corrected chi connectivity index (χ2v) is 7.43. The van der Waals surface area contributed by atoms with E-state index in [2.05, 4.69) is 77.4 Å². The predicted octanol–water partition coefficient (Wildman–Crippen LogP) is 4.54. The van der Waals surface area contributed by atoms with Gasteiger partial charge in [0.2, 0.25) is 0 Å². The molecule has 0 aliphatic carbocycles. The average Bonchev–Trinajstić information content (AvgIpc) is 2.62. The molecule has 1 saturated heterocycles. The van der Waals surface area contributed by atoms with Gasteiger partial charge in [0.15, 0.2) is 0 Å². The Bertz CT molecular complexity index is 630. The largest absolute Gasteiger partial charge is 0.344 e. The normalized spacial score (nSPS) is 17.3. The van der Waals surface area contributed by atoms with Gasteiger partial charge < -0.3 is 4.90 Å². The van der Waals surface area contributed by atoms with Crippen molar-refractivity contribution in [1.29, 1.82) is 0 Å². The number of hydrogen-bond donors (Lipinski definition) is 0. The lowest BCUT2D eigenvalue weighted by Gasteiger charge is -2.40. The van der Waals surface area contributed by atoms with E-state index >= 15 is 0 Å². The molecule has 1 fully saturated rings. The molecular weight excluding hydrogens is 320 g/mol. The number of nitrogens with zero attached hydrogens (tertiary/aromatic N) is 2. The van der Waals surface area contributed by atoms with Crippen molar-refractivity contribution in [3.8, 4) is 0 Å². The monoisotopic (exact) mass is 342 g/mol. The minimum Gasteiger partial charge on any atom is -0.344 e. The van der Waals surface area contributed by atoms with E-state index in [0.717, 1.165) is 29.8 Å². The fraction of sp³-hybridized carbons (Fsp3) is 0.316. The Hall–Kier alpha value is -1.36. The third-order valence-electron chi connectivity index (χ3n) is 4.31. The molecule has 120 valence electrons. The highest BCUT2D eigenvalue weighted by molar-refractivity contribution is 8.22. The molecule has 0 aromatic heterocycles. The van der Waals surface area contributed by atoms with Crippen molar-refractivity contribution in [1.82, 2.24) is 9.80 Å². The van der Waals surface area contributed by atoms with E-state index in [0.29, 0.717) is 6.04 Å². The minimum absolute atomic E-state index is 0.408. The van der Waals surface area contributed by atoms with Gasteiger partial charge in [0.05, 0.1) is 12.5 Å². The Kier molecular flexibility index (Phi) is 5.70. The first-order chi connectivity index (χ1) is 11.2. The second kappa shape index (κ2) is 7.95. The maximum atomic E-state index is 5.56. The number of rotatable bonds is 5. The summed E-state index contributed by atoms with van der Waals surface area (Å²) < 4.78 is 1.03. The molecule has 0 spiro atoms. The minimum atomic E-state index is 0.408. The lowest BCUT2D eigenvalue weighted by Crippen LogP contribution is -2.46. The zero-order chi connectivity index (χ0) is 16.1. The van der Waals surface area contributed by atoms with Crippen molar-refractivity contribution < 1.29 is 0 Å². The fourth-order valence-electron chi connectivity index (χ4n) is 2.79. The van der Waals surface area contributed by atoms with Crippen molar-refractivity contribution in [2.75, 3.05) is 19.1 Å². The van der Waals surface area contributed by atoms with E-state index in [1.54, 1.807) is 11.8 Å². The van der Waals surface area contributed by atoms with Crippen LogP contribution in [0.3, 0.4) is 0 Å². The van der Waals surface area contributed by atoms with Crippen LogP contribution in [0, 0.1) is 0 Å². The van der Waals surface area contributed by atoms with Crippen LogP contribution in [0.2, 0.25) is 0 Å². The smallest absolute Gasteiger partial charge is 0.138 e. The van der Waals surface area contributed by atoms with Crippen molar-refractivity contribution in [2.45, 2.75) is 19.4 Å². The van der Waals surface area contributed by atoms with Crippen molar-refractivity contribution in [3.63, 3.8) is 0 Å². The van der Waals surface area contributed by atoms with E-state index in [-0.39, 0.29) is 0 Å². The molecule has 2 aromatic rings. The molecule has 1 unspecified atom stereocenters. The first kappa shape index (κ1) is 16.5. The zero-order valence-electron chi connectivity index (χ0n) is 13.4. The molecule has 1 heterocycles. The molecular formula is C19H22N2S2. The van der Waals surface area contributed by atoms with E-state index in [4.69, 9.17) is 12.2 Å². The summed E-state index contributed by atoms with van der Waals surface area (Å²) in [5.41, 5.74) is 2.73. The van der Waals surface area contributed by atoms with Crippen LogP contribution < -0.4 is 0 Å². The Morgan fingerprint density at radius 2 is 1.70 bits per heavy atom. The summed E-state index contributed by atoms with van der Waals surface area (Å²) in [4.78, 5) is 4.82. The summed E-state index contributed by atoms with van der Waals surface area (Å²) >= 11 is 7.34. The lowest BCUT2D eigenvalue weighted by atomic mass is 10.1. The average molecular weight is 343 g/mol. The van der Waals surface area contributed by atoms with Gasteiger partial charge in [-0.2, -0.15) is 0 Å². The van der Waals surface area contributed by atoms with Crippen LogP contribution in [0.15, 0.2) is 60.7 Å². The molecule has 2 nitrogen and oxygen atoms in total. The molecule has 0 radical (unpaired) electrons. The molecule has 0 N–H and O–H groups in total. The van der Waals surface area contributed by atoms with Crippen LogP contribution in [0.4, 0.5) is 0 Å². The second-order valence-electron chi connectivity index (χ2n) is 5.86. The van der Waals surface area contributed by atoms with Crippen LogP contribution in [0.1, 0.15) is 24.1 Å². The molecule has 23 heavy (non-hydrogen) atoms. The molecule has 1 aliphatic heterocycles. The Labute approximate surface area is 148 Å². The number of benzene rings is 2. The third kappa shape index (κ3) is 4.34. The van der Waals surface area contributed by atoms with Crippen LogP contribution in [-0.2, 0) is 6.42 Å². The molecule has 0 amide bonds. The van der Waals surface area contributed by atoms with E-state index in [1.807, 2.05) is 0 Å². The maximum Gasteiger partial charge on any atom is 0.138 e. The van der Waals surface area contributed by atoms with Crippen molar-refractivity contribution >= 4 is 28.3 Å². The van der Waals surface area contributed by atoms with Crippen LogP contribution in [-0.4, -0.2) is 33.2 Å². The molecule has 4 heteroatoms. The molecule has 2 aromatic carbocycles. The SMILES string of the molecule is CC(c1ccccc1)N1CSC(=S)N(CCc2ccccc2)C1. The summed E-state index contributed by atoms with van der Waals surface area (Å²) in [6.45, 7) is 4.17. The maximum absolute atomic E-state index is 5.56. The third-order valence-corrected chi connectivity index (χ3v) is 5.88. The van der Waals surface area contributed by atoms with Gasteiger partial charge in [-0.3, -0.25) is 4.90 Å². The van der Waals surface area contributed by atoms with Gasteiger partial charge in [-0.15, -0.1) is 0 Å². The zero-order valence-corrected chi connectivity index (χ0v) is 15.0. The lowest BCUT2D eigenvalue weighted by molar-refractivity contribution is 0.167. The highest BCUT2D eigenvalue weighted by Gasteiger charge is 2.25. The Balaban J connectivity index is 1.61. The summed E-state index contributed by atoms with van der Waals surface area (Å²) in [5.74, 6) is 0.969. The van der Waals surface area contributed by atoms with Crippen molar-refractivity contribution in [3.05, 3.63) is 71.8 Å². The summed E-state index contributed by atoms with van der Waals surface area (Å²) in [6.07, 6.45) is 1.04. The molecule has 0 bridgehead atoms. The number of hydrogen-bond acceptors (Lipinski definition) is 3. The fourth-order valence-corrected chi connectivity index (χ4v) is 4.01. The highest BCUT2D eigenvalue weighted by atomic mass is 32.2. The van der Waals surface area contributed by atoms with Crippen LogP contribution >= 0.6 is 24.0 Å². The first-order valence-electron chi connectivity index (χ1n) is 7.98. The van der Waals surface area contributed by atoms with Gasteiger partial charge in [-0.1, -0.05) is 84.6 Å². The topological polar surface area (TPSA) is 6.48 Å². The highest BCUT2D eigenvalue weighted by Crippen LogP contribution is 2.27. The summed E-state index contributed by atoms with van der Waals surface area (Å²) in [7, 11) is 0. The van der Waals surface area contributed by atoms with Crippen LogP contribution in [0.5, 0.6) is 0 Å². The Morgan fingerprint density at radius 3 is 2.39 bits per heavy atom. The number of thiocarbonyl (C=S) groups is 1. The molecule has 1 aliphatic rings. The Morgan fingerprint density at radius 1 is 1.04 bits per heavy atom. The van der Waals surface area contributed by atoms with Gasteiger partial charge in [-0.05, 0) is 24.5 Å². The van der Waals surface area contributed by atoms with Gasteiger partial charge >= 0.3 is 0 Å². The molecule has 1 atom stereocenters. The van der Waals surface area contributed by atoms with E-state index in [1.165, 1.54) is 11.1 Å². The van der Waals surface area contributed by atoms with E-state index < -0.39 is 0 Å². The molecule has 3 rings (SSSR count). The first-order valence-corrected chi connectivity index (χ1v) is 9.38. The van der Waals surface area contributed by atoms with Crippen molar-refractivity contribution in [2.24, 2.45) is 0 Å². The quantitative estimate of drug-likeness (QED) is 0.736. The molecule has 0 saturated carbocycles. The number of thioether (sulfide) groups is 1. The standard InChI is InChI=1S/C19H22N2S2/c1-16(18-10-6-3-7-11-18)21-14-20(19(22)23-15-21)13-12-17-8-4-2-5-9-17/h2-11,16H,12-15H2,1H3. The predicted molar refractivity (Wildman–Crippen MR) is 103 cm³/mol. The van der Waals surface area contributed by atoms with Crippen LogP contribution in [0.25, 0.3) is 0 Å². The van der Waals surface area contributed by atoms with E-state index in [9.17, 15) is 0 Å².